The van der Waals surface area contributed by atoms with E-state index in [4.69, 9.17) is 0 Å². The monoisotopic (exact) mass is 390 g/mol. The molecule has 0 aliphatic heterocycles. The fourth-order valence-electron chi connectivity index (χ4n) is 3.33. The molecule has 0 spiro atoms. The molecule has 1 fully saturated rings. The fourth-order valence-corrected chi connectivity index (χ4v) is 4.36. The third kappa shape index (κ3) is 5.11. The molecule has 0 radical (unpaired) electrons. The molecule has 0 amide bonds. The van der Waals surface area contributed by atoms with Crippen molar-refractivity contribution < 1.29 is 8.42 Å². The molecule has 0 unspecified atom stereocenters. The van der Waals surface area contributed by atoms with Crippen molar-refractivity contribution in [2.75, 3.05) is 11.9 Å². The highest BCUT2D eigenvalue weighted by molar-refractivity contribution is 7.90. The number of sulfonamides is 1. The Morgan fingerprint density at radius 3 is 2.56 bits per heavy atom. The predicted octanol–water partition coefficient (Wildman–Crippen LogP) is 3.56. The molecule has 1 aliphatic rings. The average molecular weight is 391 g/mol. The van der Waals surface area contributed by atoms with Crippen LogP contribution in [-0.4, -0.2) is 35.3 Å². The van der Waals surface area contributed by atoms with Gasteiger partial charge in [0.2, 0.25) is 10.0 Å². The van der Waals surface area contributed by atoms with E-state index in [-0.39, 0.29) is 6.04 Å². The van der Waals surface area contributed by atoms with E-state index in [1.807, 2.05) is 16.8 Å². The number of rotatable bonds is 6. The van der Waals surface area contributed by atoms with Gasteiger partial charge >= 0.3 is 0 Å². The highest BCUT2D eigenvalue weighted by Crippen LogP contribution is 2.27. The molecule has 3 rings (SSSR count). The van der Waals surface area contributed by atoms with Gasteiger partial charge in [-0.2, -0.15) is 0 Å². The molecular formula is C20H30N4O2S. The summed E-state index contributed by atoms with van der Waals surface area (Å²) in [6.07, 6.45) is 9.36. The standard InChI is InChI=1S/C20H30N4O2S/c1-20(2,3)27(25,26)23-17-9-7-16(8-10-17)14-22-18-5-4-6-19(13-18)24-12-11-21-15-24/h4-6,11-13,15-17,22-23H,7-10,14H2,1-3H3. The summed E-state index contributed by atoms with van der Waals surface area (Å²) >= 11 is 0. The van der Waals surface area contributed by atoms with Gasteiger partial charge in [0.25, 0.3) is 0 Å². The molecule has 1 aliphatic carbocycles. The normalized spacial score (nSPS) is 21.1. The summed E-state index contributed by atoms with van der Waals surface area (Å²) in [5.74, 6) is 0.567. The third-order valence-corrected chi connectivity index (χ3v) is 7.47. The number of benzene rings is 1. The highest BCUT2D eigenvalue weighted by atomic mass is 32.2. The van der Waals surface area contributed by atoms with Crippen LogP contribution in [0.1, 0.15) is 46.5 Å². The fraction of sp³-hybridized carbons (Fsp3) is 0.550. The second kappa shape index (κ2) is 8.02. The molecule has 0 atom stereocenters. The van der Waals surface area contributed by atoms with E-state index in [2.05, 4.69) is 33.2 Å². The Kier molecular flexibility index (Phi) is 5.91. The van der Waals surface area contributed by atoms with Gasteiger partial charge in [0, 0.05) is 36.4 Å². The van der Waals surface area contributed by atoms with Gasteiger partial charge in [-0.25, -0.2) is 18.1 Å². The summed E-state index contributed by atoms with van der Waals surface area (Å²) in [6, 6.07) is 8.35. The summed E-state index contributed by atoms with van der Waals surface area (Å²) in [5, 5.41) is 3.53. The van der Waals surface area contributed by atoms with Gasteiger partial charge in [-0.3, -0.25) is 0 Å². The van der Waals surface area contributed by atoms with Crippen LogP contribution in [0.2, 0.25) is 0 Å². The number of nitrogens with one attached hydrogen (secondary N) is 2. The maximum Gasteiger partial charge on any atom is 0.216 e. The van der Waals surface area contributed by atoms with E-state index in [0.717, 1.165) is 43.6 Å². The van der Waals surface area contributed by atoms with E-state index < -0.39 is 14.8 Å². The Balaban J connectivity index is 1.48. The molecule has 27 heavy (non-hydrogen) atoms. The Labute approximate surface area is 162 Å². The van der Waals surface area contributed by atoms with Gasteiger partial charge in [0.1, 0.15) is 0 Å². The van der Waals surface area contributed by atoms with Crippen LogP contribution in [-0.2, 0) is 10.0 Å². The van der Waals surface area contributed by atoms with Crippen molar-refractivity contribution in [1.29, 1.82) is 0 Å². The lowest BCUT2D eigenvalue weighted by molar-refractivity contribution is 0.322. The van der Waals surface area contributed by atoms with Gasteiger partial charge in [-0.1, -0.05) is 6.07 Å². The van der Waals surface area contributed by atoms with Crippen molar-refractivity contribution in [2.24, 2.45) is 5.92 Å². The predicted molar refractivity (Wildman–Crippen MR) is 110 cm³/mol. The second-order valence-corrected chi connectivity index (χ2v) is 10.8. The topological polar surface area (TPSA) is 76.0 Å². The van der Waals surface area contributed by atoms with Crippen molar-refractivity contribution in [2.45, 2.75) is 57.2 Å². The van der Waals surface area contributed by atoms with E-state index in [1.54, 1.807) is 33.3 Å². The van der Waals surface area contributed by atoms with Crippen LogP contribution in [0.4, 0.5) is 5.69 Å². The summed E-state index contributed by atoms with van der Waals surface area (Å²) < 4.78 is 28.7. The van der Waals surface area contributed by atoms with Gasteiger partial charge in [0.15, 0.2) is 0 Å². The van der Waals surface area contributed by atoms with E-state index >= 15 is 0 Å². The van der Waals surface area contributed by atoms with Crippen molar-refractivity contribution in [3.05, 3.63) is 43.0 Å². The Hall–Kier alpha value is -1.86. The molecule has 6 nitrogen and oxygen atoms in total. The molecule has 2 aromatic rings. The lowest BCUT2D eigenvalue weighted by Crippen LogP contribution is -2.46. The van der Waals surface area contributed by atoms with Crippen molar-refractivity contribution in [3.63, 3.8) is 0 Å². The molecule has 1 aromatic carbocycles. The van der Waals surface area contributed by atoms with E-state index in [9.17, 15) is 8.42 Å². The van der Waals surface area contributed by atoms with E-state index in [1.165, 1.54) is 0 Å². The molecule has 1 saturated carbocycles. The zero-order valence-corrected chi connectivity index (χ0v) is 17.2. The molecule has 1 aromatic heterocycles. The quantitative estimate of drug-likeness (QED) is 0.791. The number of aromatic nitrogens is 2. The molecule has 0 saturated heterocycles. The minimum absolute atomic E-state index is 0.0649. The Bertz CT molecular complexity index is 833. The van der Waals surface area contributed by atoms with Crippen LogP contribution in [0.25, 0.3) is 5.69 Å². The van der Waals surface area contributed by atoms with Crippen molar-refractivity contribution in [3.8, 4) is 5.69 Å². The second-order valence-electron chi connectivity index (χ2n) is 8.35. The first-order valence-electron chi connectivity index (χ1n) is 9.59. The van der Waals surface area contributed by atoms with Gasteiger partial charge in [-0.15, -0.1) is 0 Å². The van der Waals surface area contributed by atoms with Gasteiger partial charge in [0.05, 0.1) is 11.1 Å². The maximum absolute atomic E-state index is 12.3. The largest absolute Gasteiger partial charge is 0.385 e. The molecule has 7 heteroatoms. The Morgan fingerprint density at radius 1 is 1.19 bits per heavy atom. The number of nitrogens with zero attached hydrogens (tertiary/aromatic N) is 2. The highest BCUT2D eigenvalue weighted by Gasteiger charge is 2.32. The summed E-state index contributed by atoms with van der Waals surface area (Å²) in [6.45, 7) is 6.13. The van der Waals surface area contributed by atoms with Crippen molar-refractivity contribution >= 4 is 15.7 Å². The van der Waals surface area contributed by atoms with Crippen LogP contribution in [0.15, 0.2) is 43.0 Å². The number of imidazole rings is 1. The third-order valence-electron chi connectivity index (χ3n) is 5.22. The molecule has 0 bridgehead atoms. The van der Waals surface area contributed by atoms with Crippen molar-refractivity contribution in [1.82, 2.24) is 14.3 Å². The van der Waals surface area contributed by atoms with Crippen LogP contribution >= 0.6 is 0 Å². The van der Waals surface area contributed by atoms with Crippen LogP contribution in [0.5, 0.6) is 0 Å². The number of anilines is 1. The van der Waals surface area contributed by atoms with E-state index in [0.29, 0.717) is 5.92 Å². The van der Waals surface area contributed by atoms with Gasteiger partial charge in [-0.05, 0) is 70.6 Å². The Morgan fingerprint density at radius 2 is 1.93 bits per heavy atom. The maximum atomic E-state index is 12.3. The summed E-state index contributed by atoms with van der Waals surface area (Å²) in [5.41, 5.74) is 2.18. The average Bonchev–Trinajstić information content (AvgIpc) is 3.15. The van der Waals surface area contributed by atoms with Crippen LogP contribution < -0.4 is 10.0 Å². The van der Waals surface area contributed by atoms with Crippen LogP contribution in [0.3, 0.4) is 0 Å². The zero-order valence-electron chi connectivity index (χ0n) is 16.4. The first-order valence-corrected chi connectivity index (χ1v) is 11.1. The lowest BCUT2D eigenvalue weighted by Gasteiger charge is -2.31. The molecular weight excluding hydrogens is 360 g/mol. The summed E-state index contributed by atoms with van der Waals surface area (Å²) in [7, 11) is -3.27. The lowest BCUT2D eigenvalue weighted by atomic mass is 9.86. The summed E-state index contributed by atoms with van der Waals surface area (Å²) in [4.78, 5) is 4.09. The van der Waals surface area contributed by atoms with Gasteiger partial charge < -0.3 is 9.88 Å². The minimum Gasteiger partial charge on any atom is -0.385 e. The first kappa shape index (κ1) is 19.9. The number of hydrogen-bond donors (Lipinski definition) is 2. The first-order chi connectivity index (χ1) is 12.7. The molecule has 148 valence electrons. The smallest absolute Gasteiger partial charge is 0.216 e. The zero-order chi connectivity index (χ0) is 19.5. The SMILES string of the molecule is CC(C)(C)S(=O)(=O)NC1CCC(CNc2cccc(-n3ccnc3)c2)CC1. The molecule has 1 heterocycles. The molecule has 2 N–H and O–H groups in total. The number of hydrogen-bond acceptors (Lipinski definition) is 4. The minimum atomic E-state index is -3.27. The van der Waals surface area contributed by atoms with Crippen LogP contribution in [0, 0.1) is 5.92 Å².